The second kappa shape index (κ2) is 7.48. The van der Waals surface area contributed by atoms with Crippen molar-refractivity contribution in [2.45, 2.75) is 32.7 Å². The van der Waals surface area contributed by atoms with Crippen LogP contribution in [0.5, 0.6) is 11.5 Å². The minimum atomic E-state index is 0.325. The summed E-state index contributed by atoms with van der Waals surface area (Å²) < 4.78 is 11.3. The van der Waals surface area contributed by atoms with Gasteiger partial charge in [-0.2, -0.15) is 0 Å². The van der Waals surface area contributed by atoms with E-state index in [1.165, 1.54) is 0 Å². The minimum absolute atomic E-state index is 0.325. The van der Waals surface area contributed by atoms with E-state index in [0.717, 1.165) is 33.6 Å². The number of hydrogen-bond donors (Lipinski definition) is 2. The van der Waals surface area contributed by atoms with Gasteiger partial charge in [0.2, 0.25) is 0 Å². The van der Waals surface area contributed by atoms with Crippen LogP contribution in [0.2, 0.25) is 0 Å². The number of hydrogen-bond acceptors (Lipinski definition) is 6. The SMILES string of the molecule is CC(C)c1nnc(CN=C(N)Nc2ccc3c(c2)OCCCO3)s1. The summed E-state index contributed by atoms with van der Waals surface area (Å²) >= 11 is 1.56. The zero-order valence-electron chi connectivity index (χ0n) is 13.8. The second-order valence-electron chi connectivity index (χ2n) is 5.73. The third kappa shape index (κ3) is 4.14. The van der Waals surface area contributed by atoms with Crippen molar-refractivity contribution in [1.29, 1.82) is 0 Å². The number of nitrogens with two attached hydrogens (primary N) is 1. The van der Waals surface area contributed by atoms with E-state index in [1.807, 2.05) is 18.2 Å². The second-order valence-corrected chi connectivity index (χ2v) is 6.82. The normalized spacial score (nSPS) is 14.5. The first-order valence-electron chi connectivity index (χ1n) is 7.90. The lowest BCUT2D eigenvalue weighted by molar-refractivity contribution is 0.297. The Bertz CT molecular complexity index is 729. The standard InChI is InChI=1S/C16H21N5O2S/c1-10(2)15-21-20-14(24-15)9-18-16(17)19-11-4-5-12-13(8-11)23-7-3-6-22-12/h4-5,8,10H,3,6-7,9H2,1-2H3,(H3,17,18,19). The number of fused-ring (bicyclic) bond motifs is 1. The number of anilines is 1. The van der Waals surface area contributed by atoms with Gasteiger partial charge in [-0.05, 0) is 12.1 Å². The summed E-state index contributed by atoms with van der Waals surface area (Å²) in [5.74, 6) is 2.17. The van der Waals surface area contributed by atoms with Gasteiger partial charge in [-0.1, -0.05) is 25.2 Å². The van der Waals surface area contributed by atoms with Gasteiger partial charge >= 0.3 is 0 Å². The van der Waals surface area contributed by atoms with Gasteiger partial charge in [-0.3, -0.25) is 0 Å². The number of rotatable bonds is 4. The molecule has 2 aromatic rings. The minimum Gasteiger partial charge on any atom is -0.490 e. The number of benzene rings is 1. The Labute approximate surface area is 144 Å². The molecule has 0 radical (unpaired) electrons. The Hall–Kier alpha value is -2.35. The highest BCUT2D eigenvalue weighted by Gasteiger charge is 2.11. The van der Waals surface area contributed by atoms with E-state index in [-0.39, 0.29) is 0 Å². The molecular formula is C16H21N5O2S. The first-order chi connectivity index (χ1) is 11.6. The van der Waals surface area contributed by atoms with E-state index in [1.54, 1.807) is 11.3 Å². The monoisotopic (exact) mass is 347 g/mol. The van der Waals surface area contributed by atoms with E-state index in [2.05, 4.69) is 34.4 Å². The van der Waals surface area contributed by atoms with Crippen LogP contribution in [0, 0.1) is 0 Å². The molecule has 3 rings (SSSR count). The Balaban J connectivity index is 1.63. The molecule has 0 saturated heterocycles. The van der Waals surface area contributed by atoms with E-state index in [0.29, 0.717) is 31.6 Å². The summed E-state index contributed by atoms with van der Waals surface area (Å²) in [5, 5.41) is 13.2. The molecule has 1 aromatic carbocycles. The molecule has 8 heteroatoms. The summed E-state index contributed by atoms with van der Waals surface area (Å²) in [7, 11) is 0. The van der Waals surface area contributed by atoms with Crippen molar-refractivity contribution in [3.63, 3.8) is 0 Å². The number of aliphatic imine (C=N–C) groups is 1. The number of ether oxygens (including phenoxy) is 2. The van der Waals surface area contributed by atoms with E-state index in [9.17, 15) is 0 Å². The van der Waals surface area contributed by atoms with Gasteiger partial charge in [-0.25, -0.2) is 4.99 Å². The van der Waals surface area contributed by atoms with Crippen molar-refractivity contribution in [2.75, 3.05) is 18.5 Å². The fourth-order valence-corrected chi connectivity index (χ4v) is 2.91. The summed E-state index contributed by atoms with van der Waals surface area (Å²) in [5.41, 5.74) is 6.76. The zero-order valence-corrected chi connectivity index (χ0v) is 14.6. The first-order valence-corrected chi connectivity index (χ1v) is 8.72. The predicted octanol–water partition coefficient (Wildman–Crippen LogP) is 2.75. The smallest absolute Gasteiger partial charge is 0.193 e. The lowest BCUT2D eigenvalue weighted by Gasteiger charge is -2.10. The van der Waals surface area contributed by atoms with E-state index in [4.69, 9.17) is 15.2 Å². The Morgan fingerprint density at radius 2 is 2.08 bits per heavy atom. The van der Waals surface area contributed by atoms with Crippen LogP contribution in [-0.2, 0) is 6.54 Å². The van der Waals surface area contributed by atoms with E-state index >= 15 is 0 Å². The Kier molecular flexibility index (Phi) is 5.14. The highest BCUT2D eigenvalue weighted by Crippen LogP contribution is 2.32. The molecule has 0 bridgehead atoms. The molecule has 0 atom stereocenters. The van der Waals surface area contributed by atoms with Gasteiger partial charge in [-0.15, -0.1) is 10.2 Å². The molecule has 128 valence electrons. The maximum Gasteiger partial charge on any atom is 0.193 e. The molecule has 0 unspecified atom stereocenters. The van der Waals surface area contributed by atoms with Gasteiger partial charge in [0.05, 0.1) is 19.8 Å². The zero-order chi connectivity index (χ0) is 16.9. The molecule has 0 spiro atoms. The molecule has 24 heavy (non-hydrogen) atoms. The van der Waals surface area contributed by atoms with Crippen LogP contribution in [0.1, 0.15) is 36.2 Å². The summed E-state index contributed by atoms with van der Waals surface area (Å²) in [6, 6.07) is 5.62. The third-order valence-electron chi connectivity index (χ3n) is 3.38. The highest BCUT2D eigenvalue weighted by molar-refractivity contribution is 7.11. The van der Waals surface area contributed by atoms with Crippen LogP contribution in [0.3, 0.4) is 0 Å². The van der Waals surface area contributed by atoms with Crippen molar-refractivity contribution in [2.24, 2.45) is 10.7 Å². The van der Waals surface area contributed by atoms with Crippen LogP contribution < -0.4 is 20.5 Å². The predicted molar refractivity (Wildman–Crippen MR) is 95.0 cm³/mol. The summed E-state index contributed by atoms with van der Waals surface area (Å²) in [4.78, 5) is 4.31. The largest absolute Gasteiger partial charge is 0.490 e. The van der Waals surface area contributed by atoms with Crippen molar-refractivity contribution in [3.05, 3.63) is 28.2 Å². The van der Waals surface area contributed by atoms with Crippen LogP contribution in [0.15, 0.2) is 23.2 Å². The van der Waals surface area contributed by atoms with Crippen LogP contribution in [0.25, 0.3) is 0 Å². The quantitative estimate of drug-likeness (QED) is 0.652. The molecule has 1 aliphatic rings. The number of aromatic nitrogens is 2. The highest BCUT2D eigenvalue weighted by atomic mass is 32.1. The average molecular weight is 347 g/mol. The number of nitrogens with zero attached hydrogens (tertiary/aromatic N) is 3. The van der Waals surface area contributed by atoms with Gasteiger partial charge < -0.3 is 20.5 Å². The van der Waals surface area contributed by atoms with Crippen LogP contribution in [-0.4, -0.2) is 29.4 Å². The van der Waals surface area contributed by atoms with Crippen molar-refractivity contribution >= 4 is 23.0 Å². The van der Waals surface area contributed by atoms with Crippen LogP contribution >= 0.6 is 11.3 Å². The lowest BCUT2D eigenvalue weighted by Crippen LogP contribution is -2.22. The maximum absolute atomic E-state index is 5.95. The molecule has 1 aromatic heterocycles. The molecule has 0 saturated carbocycles. The van der Waals surface area contributed by atoms with Crippen molar-refractivity contribution in [3.8, 4) is 11.5 Å². The van der Waals surface area contributed by atoms with Crippen molar-refractivity contribution < 1.29 is 9.47 Å². The molecule has 1 aliphatic heterocycles. The average Bonchev–Trinajstić information content (AvgIpc) is 2.92. The fraction of sp³-hybridized carbons (Fsp3) is 0.438. The van der Waals surface area contributed by atoms with Gasteiger partial charge in [0.1, 0.15) is 10.0 Å². The lowest BCUT2D eigenvalue weighted by atomic mass is 10.2. The van der Waals surface area contributed by atoms with Crippen molar-refractivity contribution in [1.82, 2.24) is 10.2 Å². The summed E-state index contributed by atoms with van der Waals surface area (Å²) in [6.45, 7) is 5.91. The molecule has 7 nitrogen and oxygen atoms in total. The molecule has 0 amide bonds. The van der Waals surface area contributed by atoms with Gasteiger partial charge in [0.25, 0.3) is 0 Å². The molecule has 0 fully saturated rings. The van der Waals surface area contributed by atoms with Crippen LogP contribution in [0.4, 0.5) is 5.69 Å². The van der Waals surface area contributed by atoms with Gasteiger partial charge in [0, 0.05) is 24.1 Å². The molecule has 2 heterocycles. The molecule has 0 aliphatic carbocycles. The van der Waals surface area contributed by atoms with Gasteiger partial charge in [0.15, 0.2) is 17.5 Å². The summed E-state index contributed by atoms with van der Waals surface area (Å²) in [6.07, 6.45) is 0.876. The third-order valence-corrected chi connectivity index (χ3v) is 4.59. The molecular weight excluding hydrogens is 326 g/mol. The fourth-order valence-electron chi connectivity index (χ4n) is 2.15. The topological polar surface area (TPSA) is 94.7 Å². The molecule has 3 N–H and O–H groups in total. The maximum atomic E-state index is 5.95. The Morgan fingerprint density at radius 1 is 1.29 bits per heavy atom. The number of nitrogens with one attached hydrogen (secondary N) is 1. The first kappa shape index (κ1) is 16.5. The van der Waals surface area contributed by atoms with E-state index < -0.39 is 0 Å². The number of guanidine groups is 1. The Morgan fingerprint density at radius 3 is 2.83 bits per heavy atom.